The van der Waals surface area contributed by atoms with Gasteiger partial charge in [0.25, 0.3) is 0 Å². The molecular weight excluding hydrogens is 176 g/mol. The van der Waals surface area contributed by atoms with Gasteiger partial charge in [0.05, 0.1) is 12.2 Å². The molecule has 0 bridgehead atoms. The van der Waals surface area contributed by atoms with E-state index in [9.17, 15) is 15.3 Å². The summed E-state index contributed by atoms with van der Waals surface area (Å²) < 4.78 is 4.87. The molecule has 0 unspecified atom stereocenters. The first kappa shape index (κ1) is 10.9. The maximum atomic E-state index is 9.86. The average Bonchev–Trinajstić information content (AvgIpc) is 2.01. The van der Waals surface area contributed by atoms with Gasteiger partial charge < -0.3 is 25.2 Å². The van der Waals surface area contributed by atoms with Crippen molar-refractivity contribution in [3.63, 3.8) is 0 Å². The van der Waals surface area contributed by atoms with Crippen LogP contribution in [0.1, 0.15) is 20.3 Å². The van der Waals surface area contributed by atoms with Gasteiger partial charge in [-0.25, -0.2) is 0 Å². The molecule has 5 atom stereocenters. The van der Waals surface area contributed by atoms with Crippen LogP contribution in [0.2, 0.25) is 0 Å². The first-order valence-corrected chi connectivity index (χ1v) is 4.30. The zero-order valence-corrected chi connectivity index (χ0v) is 7.71. The number of hydrogen-bond acceptors (Lipinski definition) is 5. The monoisotopic (exact) mass is 192 g/mol. The maximum absolute atomic E-state index is 9.86. The molecule has 1 saturated heterocycles. The SMILES string of the molecule is C[C@H](O)[C@]1(O)C[C@@H](O)[C@H](O)O[C@@H]1C. The second kappa shape index (κ2) is 3.51. The van der Waals surface area contributed by atoms with Crippen LogP contribution in [0.3, 0.4) is 0 Å². The maximum Gasteiger partial charge on any atom is 0.181 e. The summed E-state index contributed by atoms with van der Waals surface area (Å²) in [5.41, 5.74) is -1.49. The molecule has 0 radical (unpaired) electrons. The van der Waals surface area contributed by atoms with Crippen LogP contribution >= 0.6 is 0 Å². The Morgan fingerprint density at radius 3 is 2.46 bits per heavy atom. The van der Waals surface area contributed by atoms with E-state index in [2.05, 4.69) is 0 Å². The molecule has 0 amide bonds. The molecule has 1 rings (SSSR count). The lowest BCUT2D eigenvalue weighted by Crippen LogP contribution is -2.59. The third-order valence-electron chi connectivity index (χ3n) is 2.64. The standard InChI is InChI=1S/C8H16O5/c1-4(9)8(12)3-6(10)7(11)13-5(8)2/h4-7,9-12H,3H2,1-2H3/t4-,5+,6+,7+,8+/m0/s1. The molecule has 1 aliphatic heterocycles. The van der Waals surface area contributed by atoms with Crippen LogP contribution in [0.25, 0.3) is 0 Å². The number of aliphatic hydroxyl groups excluding tert-OH is 3. The molecule has 4 N–H and O–H groups in total. The van der Waals surface area contributed by atoms with Gasteiger partial charge in [0, 0.05) is 6.42 Å². The van der Waals surface area contributed by atoms with Crippen molar-refractivity contribution in [1.29, 1.82) is 0 Å². The van der Waals surface area contributed by atoms with Crippen molar-refractivity contribution in [2.24, 2.45) is 0 Å². The van der Waals surface area contributed by atoms with Crippen molar-refractivity contribution >= 4 is 0 Å². The van der Waals surface area contributed by atoms with Crippen molar-refractivity contribution in [1.82, 2.24) is 0 Å². The summed E-state index contributed by atoms with van der Waals surface area (Å²) in [4.78, 5) is 0. The van der Waals surface area contributed by atoms with Crippen molar-refractivity contribution in [3.8, 4) is 0 Å². The van der Waals surface area contributed by atoms with Crippen LogP contribution in [0.15, 0.2) is 0 Å². The Hall–Kier alpha value is -0.200. The Morgan fingerprint density at radius 1 is 1.46 bits per heavy atom. The van der Waals surface area contributed by atoms with Crippen LogP contribution in [-0.2, 0) is 4.74 Å². The minimum absolute atomic E-state index is 0.0903. The summed E-state index contributed by atoms with van der Waals surface area (Å²) in [5.74, 6) is 0. The quantitative estimate of drug-likeness (QED) is 0.409. The van der Waals surface area contributed by atoms with Crippen LogP contribution in [0, 0.1) is 0 Å². The minimum atomic E-state index is -1.49. The van der Waals surface area contributed by atoms with Gasteiger partial charge in [-0.1, -0.05) is 0 Å². The largest absolute Gasteiger partial charge is 0.390 e. The van der Waals surface area contributed by atoms with Gasteiger partial charge in [0.2, 0.25) is 0 Å². The van der Waals surface area contributed by atoms with Crippen LogP contribution < -0.4 is 0 Å². The van der Waals surface area contributed by atoms with E-state index < -0.39 is 30.2 Å². The molecule has 0 saturated carbocycles. The second-order valence-electron chi connectivity index (χ2n) is 3.61. The summed E-state index contributed by atoms with van der Waals surface area (Å²) in [6.07, 6.45) is -4.24. The van der Waals surface area contributed by atoms with Gasteiger partial charge >= 0.3 is 0 Å². The highest BCUT2D eigenvalue weighted by Gasteiger charge is 2.47. The molecule has 5 nitrogen and oxygen atoms in total. The van der Waals surface area contributed by atoms with Gasteiger partial charge in [-0.05, 0) is 13.8 Å². The zero-order valence-electron chi connectivity index (χ0n) is 7.71. The third kappa shape index (κ3) is 1.84. The first-order chi connectivity index (χ1) is 5.88. The lowest BCUT2D eigenvalue weighted by atomic mass is 9.84. The first-order valence-electron chi connectivity index (χ1n) is 4.30. The highest BCUT2D eigenvalue weighted by atomic mass is 16.6. The van der Waals surface area contributed by atoms with Crippen LogP contribution in [-0.4, -0.2) is 50.6 Å². The molecule has 0 aromatic rings. The van der Waals surface area contributed by atoms with E-state index in [1.165, 1.54) is 6.92 Å². The van der Waals surface area contributed by atoms with E-state index in [1.54, 1.807) is 6.92 Å². The summed E-state index contributed by atoms with van der Waals surface area (Å²) in [7, 11) is 0. The van der Waals surface area contributed by atoms with E-state index in [0.29, 0.717) is 0 Å². The number of aliphatic hydroxyl groups is 4. The van der Waals surface area contributed by atoms with Crippen LogP contribution in [0.4, 0.5) is 0 Å². The molecular formula is C8H16O5. The Kier molecular flexibility index (Phi) is 2.94. The molecule has 78 valence electrons. The molecule has 0 aliphatic carbocycles. The van der Waals surface area contributed by atoms with Gasteiger partial charge in [0.1, 0.15) is 11.7 Å². The second-order valence-corrected chi connectivity index (χ2v) is 3.61. The average molecular weight is 192 g/mol. The summed E-state index contributed by atoms with van der Waals surface area (Å²) >= 11 is 0. The van der Waals surface area contributed by atoms with E-state index in [1.807, 2.05) is 0 Å². The summed E-state index contributed by atoms with van der Waals surface area (Å²) in [6.45, 7) is 2.96. The minimum Gasteiger partial charge on any atom is -0.390 e. The Balaban J connectivity index is 2.76. The van der Waals surface area contributed by atoms with Gasteiger partial charge in [-0.15, -0.1) is 0 Å². The van der Waals surface area contributed by atoms with E-state index in [0.717, 1.165) is 0 Å². The molecule has 1 fully saturated rings. The van der Waals surface area contributed by atoms with E-state index in [-0.39, 0.29) is 6.42 Å². The highest BCUT2D eigenvalue weighted by Crippen LogP contribution is 2.31. The fraction of sp³-hybridized carbons (Fsp3) is 1.00. The topological polar surface area (TPSA) is 90.2 Å². The zero-order chi connectivity index (χ0) is 10.2. The third-order valence-corrected chi connectivity index (χ3v) is 2.64. The number of ether oxygens (including phenoxy) is 1. The number of rotatable bonds is 1. The predicted molar refractivity (Wildman–Crippen MR) is 43.8 cm³/mol. The molecule has 1 aliphatic rings. The Labute approximate surface area is 76.6 Å². The lowest BCUT2D eigenvalue weighted by molar-refractivity contribution is -0.288. The van der Waals surface area contributed by atoms with Crippen LogP contribution in [0.5, 0.6) is 0 Å². The summed E-state index contributed by atoms with van der Waals surface area (Å²) in [5, 5.41) is 37.5. The normalized spacial score (nSPS) is 48.9. The summed E-state index contributed by atoms with van der Waals surface area (Å²) in [6, 6.07) is 0. The molecule has 13 heavy (non-hydrogen) atoms. The van der Waals surface area contributed by atoms with E-state index >= 15 is 0 Å². The fourth-order valence-electron chi connectivity index (χ4n) is 1.53. The Morgan fingerprint density at radius 2 is 2.00 bits per heavy atom. The molecule has 1 heterocycles. The molecule has 0 spiro atoms. The highest BCUT2D eigenvalue weighted by molar-refractivity contribution is 4.95. The van der Waals surface area contributed by atoms with Gasteiger partial charge in [-0.2, -0.15) is 0 Å². The van der Waals surface area contributed by atoms with Crippen molar-refractivity contribution < 1.29 is 25.2 Å². The smallest absolute Gasteiger partial charge is 0.181 e. The molecule has 5 heteroatoms. The molecule has 0 aromatic heterocycles. The van der Waals surface area contributed by atoms with Crippen molar-refractivity contribution in [2.45, 2.75) is 50.5 Å². The van der Waals surface area contributed by atoms with Crippen molar-refractivity contribution in [3.05, 3.63) is 0 Å². The molecule has 0 aromatic carbocycles. The van der Waals surface area contributed by atoms with Gasteiger partial charge in [-0.3, -0.25) is 0 Å². The van der Waals surface area contributed by atoms with Gasteiger partial charge in [0.15, 0.2) is 6.29 Å². The predicted octanol–water partition coefficient (Wildman–Crippen LogP) is -1.41. The van der Waals surface area contributed by atoms with Crippen molar-refractivity contribution in [2.75, 3.05) is 0 Å². The number of hydrogen-bond donors (Lipinski definition) is 4. The Bertz CT molecular complexity index is 183. The van der Waals surface area contributed by atoms with E-state index in [4.69, 9.17) is 9.84 Å². The lowest BCUT2D eigenvalue weighted by Gasteiger charge is -2.43. The fourth-order valence-corrected chi connectivity index (χ4v) is 1.53.